The first-order chi connectivity index (χ1) is 9.43. The van der Waals surface area contributed by atoms with Crippen LogP contribution in [0, 0.1) is 5.41 Å². The minimum atomic E-state index is 0.488. The van der Waals surface area contributed by atoms with Crippen molar-refractivity contribution in [2.24, 2.45) is 5.41 Å². The minimum Gasteiger partial charge on any atom is -0.476 e. The van der Waals surface area contributed by atoms with E-state index in [9.17, 15) is 0 Å². The number of rotatable bonds is 4. The smallest absolute Gasteiger partial charge is 0.239 e. The fourth-order valence-corrected chi connectivity index (χ4v) is 2.85. The van der Waals surface area contributed by atoms with Gasteiger partial charge in [-0.3, -0.25) is 0 Å². The highest BCUT2D eigenvalue weighted by atomic mass is 16.5. The molecule has 0 aromatic carbocycles. The zero-order chi connectivity index (χ0) is 14.8. The number of nitrogens with zero attached hydrogens (tertiary/aromatic N) is 2. The first-order valence-corrected chi connectivity index (χ1v) is 7.55. The Bertz CT molecular complexity index is 449. The molecule has 0 aliphatic heterocycles. The van der Waals surface area contributed by atoms with Crippen molar-refractivity contribution < 1.29 is 4.74 Å². The second-order valence-corrected chi connectivity index (χ2v) is 6.50. The number of pyridine rings is 1. The summed E-state index contributed by atoms with van der Waals surface area (Å²) in [5.74, 6) is 1.50. The molecule has 0 saturated heterocycles. The quantitative estimate of drug-likeness (QED) is 0.915. The molecule has 0 bridgehead atoms. The maximum absolute atomic E-state index is 5.88. The Morgan fingerprint density at radius 1 is 1.35 bits per heavy atom. The fourth-order valence-electron chi connectivity index (χ4n) is 2.85. The van der Waals surface area contributed by atoms with Gasteiger partial charge in [0.2, 0.25) is 5.88 Å². The molecule has 4 heteroatoms. The maximum atomic E-state index is 5.88. The summed E-state index contributed by atoms with van der Waals surface area (Å²) < 4.78 is 5.49. The van der Waals surface area contributed by atoms with Crippen molar-refractivity contribution in [2.75, 3.05) is 24.3 Å². The van der Waals surface area contributed by atoms with Gasteiger partial charge in [-0.15, -0.1) is 0 Å². The lowest BCUT2D eigenvalue weighted by Crippen LogP contribution is -2.37. The van der Waals surface area contributed by atoms with E-state index in [1.54, 1.807) is 0 Å². The predicted octanol–water partition coefficient (Wildman–Crippen LogP) is 3.47. The van der Waals surface area contributed by atoms with Crippen LogP contribution in [-0.2, 0) is 0 Å². The van der Waals surface area contributed by atoms with Crippen LogP contribution < -0.4 is 15.4 Å². The number of anilines is 2. The lowest BCUT2D eigenvalue weighted by atomic mass is 9.75. The monoisotopic (exact) mass is 277 g/mol. The maximum Gasteiger partial charge on any atom is 0.239 e. The molecular weight excluding hydrogens is 250 g/mol. The summed E-state index contributed by atoms with van der Waals surface area (Å²) >= 11 is 0. The van der Waals surface area contributed by atoms with Gasteiger partial charge >= 0.3 is 0 Å². The fraction of sp³-hybridized carbons (Fsp3) is 0.688. The van der Waals surface area contributed by atoms with Crippen molar-refractivity contribution in [3.05, 3.63) is 12.1 Å². The highest BCUT2D eigenvalue weighted by molar-refractivity contribution is 5.54. The zero-order valence-corrected chi connectivity index (χ0v) is 13.1. The first kappa shape index (κ1) is 14.9. The van der Waals surface area contributed by atoms with Crippen LogP contribution >= 0.6 is 0 Å². The Labute approximate surface area is 122 Å². The summed E-state index contributed by atoms with van der Waals surface area (Å²) in [6.07, 6.45) is 4.99. The molecule has 2 N–H and O–H groups in total. The van der Waals surface area contributed by atoms with Gasteiger partial charge in [0.15, 0.2) is 0 Å². The number of nitrogen functional groups attached to an aromatic ring is 1. The molecular formula is C16H27N3O. The average molecular weight is 277 g/mol. The van der Waals surface area contributed by atoms with Gasteiger partial charge in [0.1, 0.15) is 5.82 Å². The largest absolute Gasteiger partial charge is 0.476 e. The van der Waals surface area contributed by atoms with Gasteiger partial charge in [-0.1, -0.05) is 13.8 Å². The SMILES string of the molecule is CCOc1nc(N(C)C2CCC(C)(C)CC2)ccc1N. The van der Waals surface area contributed by atoms with Gasteiger partial charge in [0.05, 0.1) is 12.3 Å². The normalized spacial score (nSPS) is 18.8. The van der Waals surface area contributed by atoms with Crippen LogP contribution in [0.15, 0.2) is 12.1 Å². The topological polar surface area (TPSA) is 51.4 Å². The molecule has 1 heterocycles. The Hall–Kier alpha value is -1.45. The van der Waals surface area contributed by atoms with Gasteiger partial charge in [0, 0.05) is 13.1 Å². The van der Waals surface area contributed by atoms with E-state index in [-0.39, 0.29) is 0 Å². The van der Waals surface area contributed by atoms with E-state index in [0.29, 0.717) is 29.6 Å². The summed E-state index contributed by atoms with van der Waals surface area (Å²) in [6, 6.07) is 4.43. The molecule has 1 aromatic heterocycles. The standard InChI is InChI=1S/C16H27N3O/c1-5-20-15-13(17)6-7-14(18-15)19(4)12-8-10-16(2,3)11-9-12/h6-7,12H,5,8-11,17H2,1-4H3. The molecule has 1 aliphatic carbocycles. The third-order valence-electron chi connectivity index (χ3n) is 4.37. The van der Waals surface area contributed by atoms with E-state index in [2.05, 4.69) is 30.8 Å². The molecule has 4 nitrogen and oxygen atoms in total. The summed E-state index contributed by atoms with van der Waals surface area (Å²) in [6.45, 7) is 7.25. The number of hydrogen-bond acceptors (Lipinski definition) is 4. The van der Waals surface area contributed by atoms with Crippen LogP contribution in [0.4, 0.5) is 11.5 Å². The average Bonchev–Trinajstić information content (AvgIpc) is 2.41. The third kappa shape index (κ3) is 3.35. The summed E-state index contributed by atoms with van der Waals surface area (Å²) in [7, 11) is 2.12. The lowest BCUT2D eigenvalue weighted by molar-refractivity contribution is 0.222. The molecule has 1 aromatic rings. The molecule has 2 rings (SSSR count). The van der Waals surface area contributed by atoms with E-state index in [4.69, 9.17) is 10.5 Å². The molecule has 0 atom stereocenters. The van der Waals surface area contributed by atoms with Crippen molar-refractivity contribution in [3.8, 4) is 5.88 Å². The van der Waals surface area contributed by atoms with E-state index in [1.165, 1.54) is 25.7 Å². The molecule has 1 aliphatic rings. The second kappa shape index (κ2) is 5.90. The number of hydrogen-bond donors (Lipinski definition) is 1. The van der Waals surface area contributed by atoms with Crippen LogP contribution in [0.25, 0.3) is 0 Å². The molecule has 0 amide bonds. The Morgan fingerprint density at radius 3 is 2.60 bits per heavy atom. The zero-order valence-electron chi connectivity index (χ0n) is 13.1. The highest BCUT2D eigenvalue weighted by Gasteiger charge is 2.29. The Kier molecular flexibility index (Phi) is 4.41. The molecule has 112 valence electrons. The van der Waals surface area contributed by atoms with E-state index >= 15 is 0 Å². The van der Waals surface area contributed by atoms with Crippen LogP contribution in [0.3, 0.4) is 0 Å². The van der Waals surface area contributed by atoms with Crippen LogP contribution in [-0.4, -0.2) is 24.7 Å². The Balaban J connectivity index is 2.09. The van der Waals surface area contributed by atoms with Gasteiger partial charge in [-0.25, -0.2) is 0 Å². The molecule has 20 heavy (non-hydrogen) atoms. The minimum absolute atomic E-state index is 0.488. The number of aromatic nitrogens is 1. The van der Waals surface area contributed by atoms with Gasteiger partial charge in [-0.2, -0.15) is 4.98 Å². The first-order valence-electron chi connectivity index (χ1n) is 7.55. The molecule has 0 spiro atoms. The van der Waals surface area contributed by atoms with E-state index in [0.717, 1.165) is 5.82 Å². The third-order valence-corrected chi connectivity index (χ3v) is 4.37. The lowest BCUT2D eigenvalue weighted by Gasteiger charge is -2.39. The van der Waals surface area contributed by atoms with Crippen molar-refractivity contribution in [3.63, 3.8) is 0 Å². The van der Waals surface area contributed by atoms with Crippen LogP contribution in [0.1, 0.15) is 46.5 Å². The van der Waals surface area contributed by atoms with Gasteiger partial charge < -0.3 is 15.4 Å². The molecule has 0 radical (unpaired) electrons. The van der Waals surface area contributed by atoms with Crippen molar-refractivity contribution in [1.29, 1.82) is 0 Å². The van der Waals surface area contributed by atoms with Crippen molar-refractivity contribution in [2.45, 2.75) is 52.5 Å². The Morgan fingerprint density at radius 2 is 2.00 bits per heavy atom. The summed E-state index contributed by atoms with van der Waals surface area (Å²) in [5.41, 5.74) is 6.98. The van der Waals surface area contributed by atoms with Crippen LogP contribution in [0.2, 0.25) is 0 Å². The predicted molar refractivity (Wildman–Crippen MR) is 84.3 cm³/mol. The van der Waals surface area contributed by atoms with E-state index < -0.39 is 0 Å². The van der Waals surface area contributed by atoms with Crippen molar-refractivity contribution >= 4 is 11.5 Å². The van der Waals surface area contributed by atoms with Crippen molar-refractivity contribution in [1.82, 2.24) is 4.98 Å². The summed E-state index contributed by atoms with van der Waals surface area (Å²) in [4.78, 5) is 6.83. The molecule has 1 saturated carbocycles. The van der Waals surface area contributed by atoms with E-state index in [1.807, 2.05) is 19.1 Å². The second-order valence-electron chi connectivity index (χ2n) is 6.50. The summed E-state index contributed by atoms with van der Waals surface area (Å²) in [5, 5.41) is 0. The van der Waals surface area contributed by atoms with Gasteiger partial charge in [-0.05, 0) is 50.2 Å². The molecule has 1 fully saturated rings. The molecule has 0 unspecified atom stereocenters. The highest BCUT2D eigenvalue weighted by Crippen LogP contribution is 2.37. The van der Waals surface area contributed by atoms with Gasteiger partial charge in [0.25, 0.3) is 0 Å². The number of ether oxygens (including phenoxy) is 1. The number of nitrogens with two attached hydrogens (primary N) is 1. The van der Waals surface area contributed by atoms with Crippen LogP contribution in [0.5, 0.6) is 5.88 Å².